The number of ether oxygens (including phenoxy) is 1. The van der Waals surface area contributed by atoms with E-state index < -0.39 is 11.4 Å². The highest BCUT2D eigenvalue weighted by Gasteiger charge is 2.67. The third-order valence-electron chi connectivity index (χ3n) is 12.3. The van der Waals surface area contributed by atoms with Crippen molar-refractivity contribution in [2.75, 3.05) is 60.0 Å². The molecule has 0 aromatic rings. The minimum Gasteiger partial charge on any atom is -0.389 e. The number of aliphatic hydroxyl groups is 2. The molecule has 0 radical (unpaired) electrons. The first-order valence-corrected chi connectivity index (χ1v) is 15.9. The standard InChI is InChI=1S/C31H57N3O4/c1-28-14-15-30(35,37-20-7-18-34-16-5-6-17-34)22-24(28)8-9-27-26(28)11-12-29(2)25(10-13-31(27,29)36)23-32-38-21-19-33(3)4/h24-27,32,35-36H,5-23H2,1-4H3/t24-,25-,26+,27-,28+,29-,30-,31+/m1/s1. The molecule has 4 saturated carbocycles. The maximum absolute atomic E-state index is 12.4. The molecular formula is C31H57N3O4. The van der Waals surface area contributed by atoms with E-state index in [0.29, 0.717) is 36.9 Å². The maximum atomic E-state index is 12.4. The van der Waals surface area contributed by atoms with Gasteiger partial charge in [0.2, 0.25) is 0 Å². The topological polar surface area (TPSA) is 77.4 Å². The fourth-order valence-corrected chi connectivity index (χ4v) is 9.76. The fourth-order valence-electron chi connectivity index (χ4n) is 9.76. The summed E-state index contributed by atoms with van der Waals surface area (Å²) in [5, 5.41) is 23.8. The van der Waals surface area contributed by atoms with Crippen LogP contribution >= 0.6 is 0 Å². The number of hydrogen-bond donors (Lipinski definition) is 3. The molecule has 0 aromatic heterocycles. The van der Waals surface area contributed by atoms with E-state index in [9.17, 15) is 10.2 Å². The summed E-state index contributed by atoms with van der Waals surface area (Å²) in [5.41, 5.74) is 2.80. The van der Waals surface area contributed by atoms with Gasteiger partial charge in [0.15, 0.2) is 5.79 Å². The van der Waals surface area contributed by atoms with E-state index in [1.54, 1.807) is 0 Å². The van der Waals surface area contributed by atoms with Gasteiger partial charge < -0.3 is 29.6 Å². The molecule has 1 saturated heterocycles. The normalized spacial score (nSPS) is 45.2. The number of nitrogens with one attached hydrogen (secondary N) is 1. The van der Waals surface area contributed by atoms with Crippen LogP contribution in [0.3, 0.4) is 0 Å². The first-order valence-electron chi connectivity index (χ1n) is 15.9. The lowest BCUT2D eigenvalue weighted by molar-refractivity contribution is -0.270. The maximum Gasteiger partial charge on any atom is 0.165 e. The summed E-state index contributed by atoms with van der Waals surface area (Å²) in [6.07, 6.45) is 12.6. The van der Waals surface area contributed by atoms with Crippen molar-refractivity contribution in [3.63, 3.8) is 0 Å². The molecule has 3 N–H and O–H groups in total. The molecule has 5 aliphatic rings. The first-order chi connectivity index (χ1) is 18.1. The third kappa shape index (κ3) is 5.47. The Morgan fingerprint density at radius 2 is 1.71 bits per heavy atom. The lowest BCUT2D eigenvalue weighted by Gasteiger charge is -2.64. The van der Waals surface area contributed by atoms with Gasteiger partial charge in [-0.25, -0.2) is 5.48 Å². The summed E-state index contributed by atoms with van der Waals surface area (Å²) in [5.74, 6) is 0.886. The fraction of sp³-hybridized carbons (Fsp3) is 1.00. The molecule has 0 bridgehead atoms. The number of fused-ring (bicyclic) bond motifs is 5. The molecule has 0 amide bonds. The van der Waals surface area contributed by atoms with E-state index >= 15 is 0 Å². The second-order valence-corrected chi connectivity index (χ2v) is 14.5. The van der Waals surface area contributed by atoms with Crippen molar-refractivity contribution in [2.45, 2.75) is 102 Å². The summed E-state index contributed by atoms with van der Waals surface area (Å²) in [7, 11) is 4.12. The average molecular weight is 536 g/mol. The predicted octanol–water partition coefficient (Wildman–Crippen LogP) is 4.03. The second-order valence-electron chi connectivity index (χ2n) is 14.5. The van der Waals surface area contributed by atoms with Crippen molar-refractivity contribution in [2.24, 2.45) is 34.5 Å². The van der Waals surface area contributed by atoms with E-state index in [1.807, 2.05) is 0 Å². The van der Waals surface area contributed by atoms with E-state index in [0.717, 1.165) is 77.4 Å². The molecule has 1 aliphatic heterocycles. The molecule has 38 heavy (non-hydrogen) atoms. The van der Waals surface area contributed by atoms with E-state index in [4.69, 9.17) is 9.57 Å². The van der Waals surface area contributed by atoms with Gasteiger partial charge in [0.1, 0.15) is 0 Å². The van der Waals surface area contributed by atoms with E-state index in [2.05, 4.69) is 43.2 Å². The van der Waals surface area contributed by atoms with Crippen LogP contribution in [-0.4, -0.2) is 91.4 Å². The van der Waals surface area contributed by atoms with Crippen LogP contribution in [0.1, 0.15) is 90.9 Å². The monoisotopic (exact) mass is 535 g/mol. The molecule has 0 aromatic carbocycles. The van der Waals surface area contributed by atoms with Crippen molar-refractivity contribution < 1.29 is 19.8 Å². The largest absolute Gasteiger partial charge is 0.389 e. The average Bonchev–Trinajstić information content (AvgIpc) is 3.48. The molecule has 4 aliphatic carbocycles. The number of likely N-dealkylation sites (N-methyl/N-ethyl adjacent to an activating group) is 1. The van der Waals surface area contributed by atoms with Crippen LogP contribution in [0.25, 0.3) is 0 Å². The Hall–Kier alpha value is -0.280. The summed E-state index contributed by atoms with van der Waals surface area (Å²) >= 11 is 0. The van der Waals surface area contributed by atoms with Crippen LogP contribution in [0.2, 0.25) is 0 Å². The van der Waals surface area contributed by atoms with E-state index in [-0.39, 0.29) is 10.8 Å². The van der Waals surface area contributed by atoms with Gasteiger partial charge in [0.25, 0.3) is 0 Å². The minimum absolute atomic E-state index is 0.0525. The summed E-state index contributed by atoms with van der Waals surface area (Å²) in [6, 6.07) is 0. The molecule has 5 rings (SSSR count). The Morgan fingerprint density at radius 3 is 2.47 bits per heavy atom. The van der Waals surface area contributed by atoms with Gasteiger partial charge in [-0.2, -0.15) is 0 Å². The summed E-state index contributed by atoms with van der Waals surface area (Å²) in [6.45, 7) is 11.5. The van der Waals surface area contributed by atoms with Gasteiger partial charge in [-0.1, -0.05) is 13.8 Å². The van der Waals surface area contributed by atoms with Crippen molar-refractivity contribution in [1.82, 2.24) is 15.3 Å². The Bertz CT molecular complexity index is 793. The van der Waals surface area contributed by atoms with Gasteiger partial charge >= 0.3 is 0 Å². The van der Waals surface area contributed by atoms with Gasteiger partial charge in [-0.05, 0) is 120 Å². The molecule has 5 fully saturated rings. The Labute approximate surface area is 231 Å². The van der Waals surface area contributed by atoms with Gasteiger partial charge in [-0.3, -0.25) is 0 Å². The van der Waals surface area contributed by atoms with Crippen LogP contribution < -0.4 is 5.48 Å². The summed E-state index contributed by atoms with van der Waals surface area (Å²) < 4.78 is 6.21. The smallest absolute Gasteiger partial charge is 0.165 e. The number of rotatable bonds is 11. The van der Waals surface area contributed by atoms with Crippen molar-refractivity contribution >= 4 is 0 Å². The third-order valence-corrected chi connectivity index (χ3v) is 12.3. The number of hydroxylamine groups is 1. The van der Waals surface area contributed by atoms with Crippen molar-refractivity contribution in [3.8, 4) is 0 Å². The number of nitrogens with zero attached hydrogens (tertiary/aromatic N) is 2. The molecule has 8 atom stereocenters. The van der Waals surface area contributed by atoms with Gasteiger partial charge in [0.05, 0.1) is 18.8 Å². The molecule has 7 nitrogen and oxygen atoms in total. The Morgan fingerprint density at radius 1 is 0.921 bits per heavy atom. The Kier molecular flexibility index (Phi) is 8.87. The zero-order chi connectivity index (χ0) is 27.0. The quantitative estimate of drug-likeness (QED) is 0.209. The van der Waals surface area contributed by atoms with Crippen molar-refractivity contribution in [3.05, 3.63) is 0 Å². The van der Waals surface area contributed by atoms with Crippen molar-refractivity contribution in [1.29, 1.82) is 0 Å². The highest BCUT2D eigenvalue weighted by Crippen LogP contribution is 2.69. The molecule has 7 heteroatoms. The van der Waals surface area contributed by atoms with E-state index in [1.165, 1.54) is 32.4 Å². The van der Waals surface area contributed by atoms with Crippen LogP contribution in [0, 0.1) is 34.5 Å². The highest BCUT2D eigenvalue weighted by molar-refractivity contribution is 5.17. The van der Waals surface area contributed by atoms with Crippen LogP contribution in [0.4, 0.5) is 0 Å². The molecule has 0 unspecified atom stereocenters. The lowest BCUT2D eigenvalue weighted by Crippen LogP contribution is -2.63. The summed E-state index contributed by atoms with van der Waals surface area (Å²) in [4.78, 5) is 10.4. The SMILES string of the molecule is CN(C)CCONC[C@H]1CC[C@]2(O)[C@@H]3CC[C@@H]4C[C@](O)(OCCCN5CCCC5)CC[C@]4(C)[C@H]3CC[C@]12C. The van der Waals surface area contributed by atoms with Gasteiger partial charge in [-0.15, -0.1) is 0 Å². The lowest BCUT2D eigenvalue weighted by atomic mass is 9.43. The van der Waals surface area contributed by atoms with Crippen LogP contribution in [-0.2, 0) is 9.57 Å². The number of likely N-dealkylation sites (tertiary alicyclic amines) is 1. The van der Waals surface area contributed by atoms with Gasteiger partial charge in [0, 0.05) is 37.9 Å². The number of hydrogen-bond acceptors (Lipinski definition) is 7. The molecule has 1 heterocycles. The van der Waals surface area contributed by atoms with Crippen LogP contribution in [0.15, 0.2) is 0 Å². The Balaban J connectivity index is 1.16. The zero-order valence-corrected chi connectivity index (χ0v) is 24.8. The zero-order valence-electron chi connectivity index (χ0n) is 24.8. The molecule has 220 valence electrons. The molecular weight excluding hydrogens is 478 g/mol. The first kappa shape index (κ1) is 29.2. The predicted molar refractivity (Wildman–Crippen MR) is 150 cm³/mol. The van der Waals surface area contributed by atoms with Crippen LogP contribution in [0.5, 0.6) is 0 Å². The molecule has 0 spiro atoms. The minimum atomic E-state index is -0.960. The highest BCUT2D eigenvalue weighted by atomic mass is 16.6. The second kappa shape index (κ2) is 11.5.